The topological polar surface area (TPSA) is 56.7 Å². The zero-order valence-electron chi connectivity index (χ0n) is 13.3. The summed E-state index contributed by atoms with van der Waals surface area (Å²) in [5.74, 6) is -0.482. The number of hydrogen-bond acceptors (Lipinski definition) is 4. The minimum Gasteiger partial charge on any atom is -0.423 e. The van der Waals surface area contributed by atoms with E-state index in [4.69, 9.17) is 4.42 Å². The molecule has 0 aliphatic rings. The number of halogens is 2. The molecular formula is C16H16F2N4O. The van der Waals surface area contributed by atoms with E-state index in [1.807, 2.05) is 13.8 Å². The molecule has 5 nitrogen and oxygen atoms in total. The molecule has 0 bridgehead atoms. The molecule has 0 atom stereocenters. The Bertz CT molecular complexity index is 847. The highest BCUT2D eigenvalue weighted by Gasteiger charge is 2.31. The van der Waals surface area contributed by atoms with Crippen molar-refractivity contribution in [2.75, 3.05) is 0 Å². The summed E-state index contributed by atoms with van der Waals surface area (Å²) in [6.45, 7) is 7.13. The first-order valence-corrected chi connectivity index (χ1v) is 7.12. The number of benzene rings is 1. The standard InChI is InChI=1S/C16H16F2N4O/c1-9-8-22(16(3,4)15-20-19-10(2)23-15)21-14(9)13-11(17)6-5-7-12(13)18/h5-8H,1-4H3. The fourth-order valence-electron chi connectivity index (χ4n) is 2.36. The summed E-state index contributed by atoms with van der Waals surface area (Å²) in [5.41, 5.74) is 0.0240. The zero-order valence-corrected chi connectivity index (χ0v) is 13.3. The van der Waals surface area contributed by atoms with Crippen LogP contribution in [0.4, 0.5) is 8.78 Å². The third-order valence-corrected chi connectivity index (χ3v) is 3.72. The van der Waals surface area contributed by atoms with E-state index in [0.29, 0.717) is 17.3 Å². The first kappa shape index (κ1) is 15.3. The predicted octanol–water partition coefficient (Wildman–Crippen LogP) is 3.61. The molecule has 0 aliphatic heterocycles. The summed E-state index contributed by atoms with van der Waals surface area (Å²) in [6.07, 6.45) is 1.71. The van der Waals surface area contributed by atoms with Gasteiger partial charge in [-0.25, -0.2) is 8.78 Å². The highest BCUT2D eigenvalue weighted by molar-refractivity contribution is 5.63. The van der Waals surface area contributed by atoms with Gasteiger partial charge in [0, 0.05) is 13.1 Å². The van der Waals surface area contributed by atoms with Crippen LogP contribution in [-0.2, 0) is 5.54 Å². The van der Waals surface area contributed by atoms with Crippen LogP contribution in [0.2, 0.25) is 0 Å². The second-order valence-electron chi connectivity index (χ2n) is 5.89. The van der Waals surface area contributed by atoms with Gasteiger partial charge in [-0.2, -0.15) is 5.10 Å². The summed E-state index contributed by atoms with van der Waals surface area (Å²) in [6, 6.07) is 3.75. The molecule has 0 radical (unpaired) electrons. The van der Waals surface area contributed by atoms with E-state index >= 15 is 0 Å². The van der Waals surface area contributed by atoms with E-state index in [1.165, 1.54) is 18.2 Å². The fourth-order valence-corrected chi connectivity index (χ4v) is 2.36. The molecule has 2 aromatic heterocycles. The number of aryl methyl sites for hydroxylation is 2. The van der Waals surface area contributed by atoms with Crippen LogP contribution < -0.4 is 0 Å². The van der Waals surface area contributed by atoms with E-state index in [9.17, 15) is 8.78 Å². The van der Waals surface area contributed by atoms with Gasteiger partial charge < -0.3 is 4.42 Å². The van der Waals surface area contributed by atoms with E-state index in [0.717, 1.165) is 0 Å². The second-order valence-corrected chi connectivity index (χ2v) is 5.89. The highest BCUT2D eigenvalue weighted by Crippen LogP contribution is 2.31. The molecule has 0 N–H and O–H groups in total. The average Bonchev–Trinajstić information content (AvgIpc) is 3.06. The molecule has 0 saturated heterocycles. The summed E-state index contributed by atoms with van der Waals surface area (Å²) in [7, 11) is 0. The van der Waals surface area contributed by atoms with Gasteiger partial charge in [-0.1, -0.05) is 6.07 Å². The Morgan fingerprint density at radius 2 is 1.74 bits per heavy atom. The molecule has 7 heteroatoms. The van der Waals surface area contributed by atoms with E-state index in [-0.39, 0.29) is 11.3 Å². The molecule has 120 valence electrons. The molecule has 2 heterocycles. The molecule has 0 spiro atoms. The summed E-state index contributed by atoms with van der Waals surface area (Å²) >= 11 is 0. The van der Waals surface area contributed by atoms with Gasteiger partial charge in [-0.05, 0) is 38.5 Å². The maximum Gasteiger partial charge on any atom is 0.243 e. The van der Waals surface area contributed by atoms with Crippen molar-refractivity contribution in [2.24, 2.45) is 0 Å². The van der Waals surface area contributed by atoms with Crippen LogP contribution in [0.1, 0.15) is 31.2 Å². The Morgan fingerprint density at radius 1 is 1.09 bits per heavy atom. The Kier molecular flexibility index (Phi) is 3.50. The minimum atomic E-state index is -0.744. The average molecular weight is 318 g/mol. The quantitative estimate of drug-likeness (QED) is 0.740. The maximum atomic E-state index is 14.0. The molecule has 0 amide bonds. The largest absolute Gasteiger partial charge is 0.423 e. The van der Waals surface area contributed by atoms with Crippen molar-refractivity contribution in [3.8, 4) is 11.3 Å². The number of rotatable bonds is 3. The van der Waals surface area contributed by atoms with Crippen molar-refractivity contribution in [2.45, 2.75) is 33.2 Å². The van der Waals surface area contributed by atoms with Crippen LogP contribution >= 0.6 is 0 Å². The zero-order chi connectivity index (χ0) is 16.8. The van der Waals surface area contributed by atoms with Crippen molar-refractivity contribution in [3.05, 3.63) is 53.4 Å². The fraction of sp³-hybridized carbons (Fsp3) is 0.312. The van der Waals surface area contributed by atoms with Gasteiger partial charge >= 0.3 is 0 Å². The van der Waals surface area contributed by atoms with Crippen LogP contribution in [-0.4, -0.2) is 20.0 Å². The Hall–Kier alpha value is -2.57. The molecular weight excluding hydrogens is 302 g/mol. The van der Waals surface area contributed by atoms with Gasteiger partial charge in [-0.3, -0.25) is 4.68 Å². The van der Waals surface area contributed by atoms with Gasteiger partial charge in [0.15, 0.2) is 0 Å². The van der Waals surface area contributed by atoms with Crippen LogP contribution in [0.15, 0.2) is 28.8 Å². The maximum absolute atomic E-state index is 14.0. The predicted molar refractivity (Wildman–Crippen MR) is 79.8 cm³/mol. The van der Waals surface area contributed by atoms with Gasteiger partial charge in [0.25, 0.3) is 0 Å². The van der Waals surface area contributed by atoms with Crippen molar-refractivity contribution in [3.63, 3.8) is 0 Å². The third kappa shape index (κ3) is 2.52. The summed E-state index contributed by atoms with van der Waals surface area (Å²) < 4.78 is 35.1. The monoisotopic (exact) mass is 318 g/mol. The van der Waals surface area contributed by atoms with E-state index in [1.54, 1.807) is 24.7 Å². The van der Waals surface area contributed by atoms with Crippen LogP contribution in [0.25, 0.3) is 11.3 Å². The van der Waals surface area contributed by atoms with Crippen LogP contribution in [0, 0.1) is 25.5 Å². The van der Waals surface area contributed by atoms with Gasteiger partial charge in [0.2, 0.25) is 11.8 Å². The van der Waals surface area contributed by atoms with Gasteiger partial charge in [-0.15, -0.1) is 10.2 Å². The second kappa shape index (κ2) is 5.26. The van der Waals surface area contributed by atoms with Crippen molar-refractivity contribution < 1.29 is 13.2 Å². The molecule has 0 fully saturated rings. The van der Waals surface area contributed by atoms with Crippen molar-refractivity contribution >= 4 is 0 Å². The van der Waals surface area contributed by atoms with Gasteiger partial charge in [0.05, 0.1) is 5.56 Å². The molecule has 23 heavy (non-hydrogen) atoms. The smallest absolute Gasteiger partial charge is 0.243 e. The van der Waals surface area contributed by atoms with Crippen LogP contribution in [0.5, 0.6) is 0 Å². The molecule has 3 aromatic rings. The molecule has 0 aliphatic carbocycles. The highest BCUT2D eigenvalue weighted by atomic mass is 19.1. The van der Waals surface area contributed by atoms with Crippen molar-refractivity contribution in [1.29, 1.82) is 0 Å². The van der Waals surface area contributed by atoms with Gasteiger partial charge in [0.1, 0.15) is 22.9 Å². The Morgan fingerprint density at radius 3 is 2.30 bits per heavy atom. The molecule has 1 aromatic carbocycles. The summed E-state index contributed by atoms with van der Waals surface area (Å²) in [4.78, 5) is 0. The minimum absolute atomic E-state index is 0.138. The normalized spacial score (nSPS) is 11.9. The lowest BCUT2D eigenvalue weighted by molar-refractivity contribution is 0.293. The van der Waals surface area contributed by atoms with E-state index in [2.05, 4.69) is 15.3 Å². The number of nitrogens with zero attached hydrogens (tertiary/aromatic N) is 4. The lowest BCUT2D eigenvalue weighted by Crippen LogP contribution is -2.28. The van der Waals surface area contributed by atoms with Crippen molar-refractivity contribution in [1.82, 2.24) is 20.0 Å². The van der Waals surface area contributed by atoms with Crippen LogP contribution in [0.3, 0.4) is 0 Å². The third-order valence-electron chi connectivity index (χ3n) is 3.72. The molecule has 0 unspecified atom stereocenters. The Labute approximate surface area is 132 Å². The lowest BCUT2D eigenvalue weighted by atomic mass is 10.1. The SMILES string of the molecule is Cc1nnc(C(C)(C)n2cc(C)c(-c3c(F)cccc3F)n2)o1. The number of hydrogen-bond donors (Lipinski definition) is 0. The van der Waals surface area contributed by atoms with E-state index < -0.39 is 17.2 Å². The molecule has 0 saturated carbocycles. The first-order chi connectivity index (χ1) is 10.8. The Balaban J connectivity index is 2.12. The number of aromatic nitrogens is 4. The molecule has 3 rings (SSSR count). The summed E-state index contributed by atoms with van der Waals surface area (Å²) in [5, 5.41) is 12.2. The lowest BCUT2D eigenvalue weighted by Gasteiger charge is -2.20. The first-order valence-electron chi connectivity index (χ1n) is 7.12.